The number of carbonyl (C=O) groups excluding carboxylic acids is 1. The smallest absolute Gasteiger partial charge is 0.411 e. The molecule has 1 aliphatic carbocycles. The van der Waals surface area contributed by atoms with Crippen LogP contribution in [0.15, 0.2) is 0 Å². The second kappa shape index (κ2) is 6.24. The molecule has 0 aliphatic heterocycles. The molecule has 5 heteroatoms. The first-order valence-electron chi connectivity index (χ1n) is 7.79. The van der Waals surface area contributed by atoms with Crippen molar-refractivity contribution in [1.82, 2.24) is 4.90 Å². The van der Waals surface area contributed by atoms with Gasteiger partial charge in [-0.2, -0.15) is 0 Å². The van der Waals surface area contributed by atoms with Crippen LogP contribution in [-0.4, -0.2) is 39.3 Å². The lowest BCUT2D eigenvalue weighted by Gasteiger charge is -2.41. The summed E-state index contributed by atoms with van der Waals surface area (Å²) in [6.07, 6.45) is 2.26. The Kier molecular flexibility index (Phi) is 5.29. The summed E-state index contributed by atoms with van der Waals surface area (Å²) in [7, 11) is 0. The van der Waals surface area contributed by atoms with Crippen LogP contribution in [0.4, 0.5) is 4.79 Å². The first-order valence-corrected chi connectivity index (χ1v) is 7.79. The second-order valence-electron chi connectivity index (χ2n) is 7.30. The van der Waals surface area contributed by atoms with Crippen LogP contribution in [-0.2, 0) is 9.53 Å². The minimum atomic E-state index is -1.13. The van der Waals surface area contributed by atoms with E-state index < -0.39 is 23.2 Å². The number of aliphatic carboxylic acids is 1. The molecule has 0 aromatic rings. The first-order chi connectivity index (χ1) is 9.53. The average Bonchev–Trinajstić information content (AvgIpc) is 2.71. The molecule has 0 heterocycles. The van der Waals surface area contributed by atoms with E-state index in [0.717, 1.165) is 12.8 Å². The minimum Gasteiger partial charge on any atom is -0.479 e. The van der Waals surface area contributed by atoms with Gasteiger partial charge in [0.2, 0.25) is 0 Å². The number of hydrogen-bond donors (Lipinski definition) is 1. The summed E-state index contributed by atoms with van der Waals surface area (Å²) in [5, 5.41) is 9.79. The molecule has 0 aromatic carbocycles. The molecule has 2 unspecified atom stereocenters. The lowest BCUT2D eigenvalue weighted by molar-refractivity contribution is -0.152. The summed E-state index contributed by atoms with van der Waals surface area (Å²) < 4.78 is 5.44. The maximum atomic E-state index is 12.5. The molecule has 1 rings (SSSR count). The third kappa shape index (κ3) is 3.89. The fourth-order valence-corrected chi connectivity index (χ4v) is 3.18. The number of carbonyl (C=O) groups is 2. The van der Waals surface area contributed by atoms with E-state index >= 15 is 0 Å². The van der Waals surface area contributed by atoms with Crippen LogP contribution in [0.2, 0.25) is 0 Å². The number of rotatable bonds is 4. The van der Waals surface area contributed by atoms with Crippen LogP contribution in [0, 0.1) is 5.92 Å². The lowest BCUT2D eigenvalue weighted by atomic mass is 9.92. The van der Waals surface area contributed by atoms with Gasteiger partial charge in [-0.1, -0.05) is 13.3 Å². The third-order valence-corrected chi connectivity index (χ3v) is 4.14. The molecule has 0 bridgehead atoms. The molecule has 21 heavy (non-hydrogen) atoms. The maximum absolute atomic E-state index is 12.5. The standard InChI is InChI=1S/C16H29NO4/c1-7-12-8-9-16(10-12,13(18)19)17(11(2)3)14(20)21-15(4,5)6/h11-12H,7-10H2,1-6H3,(H,18,19). The van der Waals surface area contributed by atoms with E-state index in [9.17, 15) is 14.7 Å². The summed E-state index contributed by atoms with van der Waals surface area (Å²) >= 11 is 0. The zero-order valence-corrected chi connectivity index (χ0v) is 14.1. The highest BCUT2D eigenvalue weighted by Crippen LogP contribution is 2.42. The van der Waals surface area contributed by atoms with Gasteiger partial charge in [0, 0.05) is 6.04 Å². The lowest BCUT2D eigenvalue weighted by Crippen LogP contribution is -2.59. The summed E-state index contributed by atoms with van der Waals surface area (Å²) in [5.74, 6) is -0.567. The van der Waals surface area contributed by atoms with Gasteiger partial charge in [-0.25, -0.2) is 9.59 Å². The molecule has 0 radical (unpaired) electrons. The van der Waals surface area contributed by atoms with Gasteiger partial charge >= 0.3 is 12.1 Å². The average molecular weight is 299 g/mol. The fraction of sp³-hybridized carbons (Fsp3) is 0.875. The zero-order chi connectivity index (χ0) is 16.4. The van der Waals surface area contributed by atoms with Crippen molar-refractivity contribution in [2.75, 3.05) is 0 Å². The summed E-state index contributed by atoms with van der Waals surface area (Å²) in [6.45, 7) is 11.1. The van der Waals surface area contributed by atoms with Gasteiger partial charge in [-0.3, -0.25) is 4.90 Å². The highest BCUT2D eigenvalue weighted by Gasteiger charge is 2.53. The number of nitrogens with zero attached hydrogens (tertiary/aromatic N) is 1. The highest BCUT2D eigenvalue weighted by atomic mass is 16.6. The molecule has 1 N–H and O–H groups in total. The van der Waals surface area contributed by atoms with E-state index in [4.69, 9.17) is 4.74 Å². The van der Waals surface area contributed by atoms with Gasteiger partial charge in [-0.15, -0.1) is 0 Å². The van der Waals surface area contributed by atoms with Crippen molar-refractivity contribution in [3.05, 3.63) is 0 Å². The van der Waals surface area contributed by atoms with E-state index in [1.165, 1.54) is 4.90 Å². The Hall–Kier alpha value is -1.26. The van der Waals surface area contributed by atoms with Crippen molar-refractivity contribution in [1.29, 1.82) is 0 Å². The largest absolute Gasteiger partial charge is 0.479 e. The van der Waals surface area contributed by atoms with E-state index in [0.29, 0.717) is 18.8 Å². The van der Waals surface area contributed by atoms with E-state index in [1.807, 2.05) is 13.8 Å². The van der Waals surface area contributed by atoms with Gasteiger partial charge in [0.1, 0.15) is 11.1 Å². The van der Waals surface area contributed by atoms with Gasteiger partial charge in [-0.05, 0) is 59.8 Å². The molecule has 1 saturated carbocycles. The SMILES string of the molecule is CCC1CCC(C(=O)O)(N(C(=O)OC(C)(C)C)C(C)C)C1. The summed E-state index contributed by atoms with van der Waals surface area (Å²) in [4.78, 5) is 25.9. The number of carboxylic acid groups (broad SMARTS) is 1. The molecule has 2 atom stereocenters. The van der Waals surface area contributed by atoms with Crippen molar-refractivity contribution >= 4 is 12.1 Å². The zero-order valence-electron chi connectivity index (χ0n) is 14.1. The molecule has 1 fully saturated rings. The Bertz CT molecular complexity index is 400. The molecule has 1 aliphatic rings. The van der Waals surface area contributed by atoms with Crippen molar-refractivity contribution in [3.63, 3.8) is 0 Å². The molecule has 0 aromatic heterocycles. The van der Waals surface area contributed by atoms with Crippen molar-refractivity contribution in [2.24, 2.45) is 5.92 Å². The number of ether oxygens (including phenoxy) is 1. The predicted molar refractivity (Wildman–Crippen MR) is 81.2 cm³/mol. The Labute approximate surface area is 127 Å². The van der Waals surface area contributed by atoms with Gasteiger partial charge in [0.25, 0.3) is 0 Å². The Morgan fingerprint density at radius 2 is 1.95 bits per heavy atom. The topological polar surface area (TPSA) is 66.8 Å². The van der Waals surface area contributed by atoms with E-state index in [-0.39, 0.29) is 6.04 Å². The molecule has 0 saturated heterocycles. The van der Waals surface area contributed by atoms with Crippen LogP contribution in [0.1, 0.15) is 67.2 Å². The van der Waals surface area contributed by atoms with Gasteiger partial charge < -0.3 is 9.84 Å². The van der Waals surface area contributed by atoms with Crippen LogP contribution in [0.25, 0.3) is 0 Å². The number of hydrogen-bond acceptors (Lipinski definition) is 3. The molecular formula is C16H29NO4. The normalized spacial score (nSPS) is 26.0. The Balaban J connectivity index is 3.12. The second-order valence-corrected chi connectivity index (χ2v) is 7.30. The van der Waals surface area contributed by atoms with Crippen LogP contribution in [0.5, 0.6) is 0 Å². The monoisotopic (exact) mass is 299 g/mol. The van der Waals surface area contributed by atoms with Crippen LogP contribution < -0.4 is 0 Å². The van der Waals surface area contributed by atoms with Gasteiger partial charge in [0.05, 0.1) is 0 Å². The minimum absolute atomic E-state index is 0.216. The summed E-state index contributed by atoms with van der Waals surface area (Å²) in [5.41, 5.74) is -1.76. The van der Waals surface area contributed by atoms with Gasteiger partial charge in [0.15, 0.2) is 0 Å². The fourth-order valence-electron chi connectivity index (χ4n) is 3.18. The predicted octanol–water partition coefficient (Wildman–Crippen LogP) is 3.67. The molecule has 1 amide bonds. The molecular weight excluding hydrogens is 270 g/mol. The molecule has 0 spiro atoms. The van der Waals surface area contributed by atoms with Crippen LogP contribution >= 0.6 is 0 Å². The summed E-state index contributed by atoms with van der Waals surface area (Å²) in [6, 6.07) is -0.216. The van der Waals surface area contributed by atoms with Crippen molar-refractivity contribution in [2.45, 2.75) is 84.4 Å². The first kappa shape index (κ1) is 17.8. The maximum Gasteiger partial charge on any atom is 0.411 e. The van der Waals surface area contributed by atoms with E-state index in [1.54, 1.807) is 20.8 Å². The molecule has 122 valence electrons. The van der Waals surface area contributed by atoms with Crippen LogP contribution in [0.3, 0.4) is 0 Å². The highest BCUT2D eigenvalue weighted by molar-refractivity contribution is 5.85. The quantitative estimate of drug-likeness (QED) is 0.860. The van der Waals surface area contributed by atoms with Crippen molar-refractivity contribution in [3.8, 4) is 0 Å². The Morgan fingerprint density at radius 1 is 1.38 bits per heavy atom. The Morgan fingerprint density at radius 3 is 2.29 bits per heavy atom. The van der Waals surface area contributed by atoms with Crippen molar-refractivity contribution < 1.29 is 19.4 Å². The number of carboxylic acids is 1. The number of amides is 1. The third-order valence-electron chi connectivity index (χ3n) is 4.14. The van der Waals surface area contributed by atoms with E-state index in [2.05, 4.69) is 6.92 Å². The molecule has 5 nitrogen and oxygen atoms in total.